The SMILES string of the molecule is CN1CCC(NC(=O)c2ccc(O)c(O)c2Cl)CC1. The Morgan fingerprint density at radius 1 is 1.37 bits per heavy atom. The van der Waals surface area contributed by atoms with Gasteiger partial charge in [-0.25, -0.2) is 0 Å². The fourth-order valence-electron chi connectivity index (χ4n) is 2.15. The number of phenolic OH excluding ortho intramolecular Hbond substituents is 2. The number of rotatable bonds is 2. The first-order valence-electron chi connectivity index (χ1n) is 6.19. The zero-order chi connectivity index (χ0) is 14.0. The van der Waals surface area contributed by atoms with E-state index < -0.39 is 5.75 Å². The van der Waals surface area contributed by atoms with Gasteiger partial charge in [0, 0.05) is 6.04 Å². The van der Waals surface area contributed by atoms with Gasteiger partial charge in [-0.15, -0.1) is 0 Å². The van der Waals surface area contributed by atoms with Crippen molar-refractivity contribution >= 4 is 17.5 Å². The first-order valence-corrected chi connectivity index (χ1v) is 6.56. The van der Waals surface area contributed by atoms with Crippen molar-refractivity contribution in [1.82, 2.24) is 10.2 Å². The van der Waals surface area contributed by atoms with Crippen LogP contribution in [0, 0.1) is 0 Å². The molecule has 1 heterocycles. The zero-order valence-corrected chi connectivity index (χ0v) is 11.4. The summed E-state index contributed by atoms with van der Waals surface area (Å²) in [5.74, 6) is -1.12. The first kappa shape index (κ1) is 14.0. The number of carbonyl (C=O) groups is 1. The number of nitrogens with one attached hydrogen (secondary N) is 1. The summed E-state index contributed by atoms with van der Waals surface area (Å²) in [6, 6.07) is 2.78. The molecule has 1 saturated heterocycles. The number of hydrogen-bond acceptors (Lipinski definition) is 4. The van der Waals surface area contributed by atoms with E-state index in [1.165, 1.54) is 12.1 Å². The molecule has 2 rings (SSSR count). The van der Waals surface area contributed by atoms with Gasteiger partial charge in [0.15, 0.2) is 11.5 Å². The van der Waals surface area contributed by atoms with E-state index in [-0.39, 0.29) is 28.3 Å². The van der Waals surface area contributed by atoms with E-state index in [4.69, 9.17) is 11.6 Å². The quantitative estimate of drug-likeness (QED) is 0.721. The van der Waals surface area contributed by atoms with Crippen LogP contribution >= 0.6 is 11.6 Å². The fraction of sp³-hybridized carbons (Fsp3) is 0.462. The Morgan fingerprint density at radius 3 is 2.63 bits per heavy atom. The van der Waals surface area contributed by atoms with E-state index >= 15 is 0 Å². The van der Waals surface area contributed by atoms with Gasteiger partial charge in [-0.05, 0) is 45.1 Å². The Labute approximate surface area is 116 Å². The smallest absolute Gasteiger partial charge is 0.253 e. The molecule has 0 saturated carbocycles. The molecule has 19 heavy (non-hydrogen) atoms. The highest BCUT2D eigenvalue weighted by atomic mass is 35.5. The van der Waals surface area contributed by atoms with Crippen LogP contribution in [0.15, 0.2) is 12.1 Å². The van der Waals surface area contributed by atoms with Gasteiger partial charge in [0.2, 0.25) is 0 Å². The number of benzene rings is 1. The van der Waals surface area contributed by atoms with Gasteiger partial charge in [-0.3, -0.25) is 4.79 Å². The van der Waals surface area contributed by atoms with Crippen LogP contribution < -0.4 is 5.32 Å². The van der Waals surface area contributed by atoms with Gasteiger partial charge in [0.05, 0.1) is 10.6 Å². The third-order valence-corrected chi connectivity index (χ3v) is 3.78. The van der Waals surface area contributed by atoms with E-state index in [1.807, 2.05) is 7.05 Å². The van der Waals surface area contributed by atoms with Crippen LogP contribution in [0.3, 0.4) is 0 Å². The molecule has 104 valence electrons. The highest BCUT2D eigenvalue weighted by Gasteiger charge is 2.21. The zero-order valence-electron chi connectivity index (χ0n) is 10.7. The standard InChI is InChI=1S/C13H17ClN2O3/c1-16-6-4-8(5-7-16)15-13(19)9-2-3-10(17)12(18)11(9)14/h2-3,8,17-18H,4-7H2,1H3,(H,15,19). The Morgan fingerprint density at radius 2 is 2.00 bits per heavy atom. The molecule has 6 heteroatoms. The summed E-state index contributed by atoms with van der Waals surface area (Å²) in [6.45, 7) is 1.89. The van der Waals surface area contributed by atoms with Crippen molar-refractivity contribution in [3.63, 3.8) is 0 Å². The molecule has 0 atom stereocenters. The molecule has 0 spiro atoms. The summed E-state index contributed by atoms with van der Waals surface area (Å²) in [7, 11) is 2.05. The molecule has 1 aromatic carbocycles. The molecule has 1 fully saturated rings. The van der Waals surface area contributed by atoms with Crippen molar-refractivity contribution in [2.45, 2.75) is 18.9 Å². The summed E-state index contributed by atoms with van der Waals surface area (Å²) >= 11 is 5.86. The lowest BCUT2D eigenvalue weighted by Gasteiger charge is -2.29. The predicted octanol–water partition coefficient (Wildman–Crippen LogP) is 1.58. The monoisotopic (exact) mass is 284 g/mol. The van der Waals surface area contributed by atoms with Crippen LogP contribution in [0.5, 0.6) is 11.5 Å². The lowest BCUT2D eigenvalue weighted by atomic mass is 10.0. The van der Waals surface area contributed by atoms with Crippen molar-refractivity contribution < 1.29 is 15.0 Å². The van der Waals surface area contributed by atoms with Gasteiger partial charge >= 0.3 is 0 Å². The number of aromatic hydroxyl groups is 2. The molecular weight excluding hydrogens is 268 g/mol. The molecule has 0 aromatic heterocycles. The maximum atomic E-state index is 12.1. The van der Waals surface area contributed by atoms with Crippen LogP contribution in [-0.2, 0) is 0 Å². The lowest BCUT2D eigenvalue weighted by molar-refractivity contribution is 0.0916. The maximum absolute atomic E-state index is 12.1. The average molecular weight is 285 g/mol. The number of carbonyl (C=O) groups excluding carboxylic acids is 1. The fourth-order valence-corrected chi connectivity index (χ4v) is 2.39. The minimum atomic E-state index is -0.460. The highest BCUT2D eigenvalue weighted by molar-refractivity contribution is 6.35. The summed E-state index contributed by atoms with van der Waals surface area (Å²) in [5.41, 5.74) is 0.177. The topological polar surface area (TPSA) is 72.8 Å². The van der Waals surface area contributed by atoms with Crippen molar-refractivity contribution in [3.05, 3.63) is 22.7 Å². The van der Waals surface area contributed by atoms with Gasteiger partial charge < -0.3 is 20.4 Å². The van der Waals surface area contributed by atoms with Crippen LogP contribution in [0.2, 0.25) is 5.02 Å². The average Bonchev–Trinajstić information content (AvgIpc) is 2.39. The number of hydrogen-bond donors (Lipinski definition) is 3. The van der Waals surface area contributed by atoms with Gasteiger partial charge in [0.25, 0.3) is 5.91 Å². The molecule has 1 aliphatic heterocycles. The Kier molecular flexibility index (Phi) is 4.17. The molecule has 0 bridgehead atoms. The van der Waals surface area contributed by atoms with Gasteiger partial charge in [0.1, 0.15) is 0 Å². The summed E-state index contributed by atoms with van der Waals surface area (Å²) in [5, 5.41) is 21.6. The van der Waals surface area contributed by atoms with E-state index in [0.717, 1.165) is 25.9 Å². The number of piperidine rings is 1. The predicted molar refractivity (Wildman–Crippen MR) is 72.8 cm³/mol. The van der Waals surface area contributed by atoms with Crippen molar-refractivity contribution in [3.8, 4) is 11.5 Å². The molecule has 1 aromatic rings. The normalized spacial score (nSPS) is 17.4. The Bertz CT molecular complexity index is 485. The lowest BCUT2D eigenvalue weighted by Crippen LogP contribution is -2.43. The Balaban J connectivity index is 2.06. The second-order valence-electron chi connectivity index (χ2n) is 4.85. The van der Waals surface area contributed by atoms with Crippen LogP contribution in [-0.4, -0.2) is 47.2 Å². The van der Waals surface area contributed by atoms with Crippen molar-refractivity contribution in [1.29, 1.82) is 0 Å². The molecule has 1 amide bonds. The number of halogens is 1. The van der Waals surface area contributed by atoms with Crippen LogP contribution in [0.1, 0.15) is 23.2 Å². The van der Waals surface area contributed by atoms with Crippen LogP contribution in [0.25, 0.3) is 0 Å². The molecule has 1 aliphatic rings. The summed E-state index contributed by atoms with van der Waals surface area (Å²) < 4.78 is 0. The molecule has 3 N–H and O–H groups in total. The number of phenols is 2. The van der Waals surface area contributed by atoms with E-state index in [1.54, 1.807) is 0 Å². The maximum Gasteiger partial charge on any atom is 0.253 e. The second-order valence-corrected chi connectivity index (χ2v) is 5.22. The van der Waals surface area contributed by atoms with E-state index in [9.17, 15) is 15.0 Å². The first-order chi connectivity index (χ1) is 8.99. The van der Waals surface area contributed by atoms with Crippen LogP contribution in [0.4, 0.5) is 0 Å². The minimum Gasteiger partial charge on any atom is -0.504 e. The third-order valence-electron chi connectivity index (χ3n) is 3.39. The number of nitrogens with zero attached hydrogens (tertiary/aromatic N) is 1. The molecular formula is C13H17ClN2O3. The number of likely N-dealkylation sites (tertiary alicyclic amines) is 1. The third kappa shape index (κ3) is 3.11. The van der Waals surface area contributed by atoms with Crippen molar-refractivity contribution in [2.75, 3.05) is 20.1 Å². The van der Waals surface area contributed by atoms with Gasteiger partial charge in [-0.2, -0.15) is 0 Å². The Hall–Kier alpha value is -1.46. The minimum absolute atomic E-state index is 0.120. The summed E-state index contributed by atoms with van der Waals surface area (Å²) in [4.78, 5) is 14.3. The molecule has 0 radical (unpaired) electrons. The molecule has 5 nitrogen and oxygen atoms in total. The number of amides is 1. The van der Waals surface area contributed by atoms with Gasteiger partial charge in [-0.1, -0.05) is 11.6 Å². The molecule has 0 unspecified atom stereocenters. The van der Waals surface area contributed by atoms with Crippen molar-refractivity contribution in [2.24, 2.45) is 0 Å². The molecule has 0 aliphatic carbocycles. The largest absolute Gasteiger partial charge is 0.504 e. The second kappa shape index (κ2) is 5.67. The highest BCUT2D eigenvalue weighted by Crippen LogP contribution is 2.35. The van der Waals surface area contributed by atoms with E-state index in [0.29, 0.717) is 0 Å². The van der Waals surface area contributed by atoms with E-state index in [2.05, 4.69) is 10.2 Å². The summed E-state index contributed by atoms with van der Waals surface area (Å²) in [6.07, 6.45) is 1.79.